The lowest BCUT2D eigenvalue weighted by atomic mass is 9.93. The van der Waals surface area contributed by atoms with Crippen LogP contribution in [0.1, 0.15) is 32.6 Å². The minimum Gasteiger partial charge on any atom is -0.332 e. The van der Waals surface area contributed by atoms with Crippen LogP contribution < -0.4 is 0 Å². The number of nitrogens with zero attached hydrogens (tertiary/aromatic N) is 2. The summed E-state index contributed by atoms with van der Waals surface area (Å²) < 4.78 is 40.6. The molecule has 1 aliphatic carbocycles. The van der Waals surface area contributed by atoms with Crippen LogP contribution in [-0.2, 0) is 0 Å². The molecule has 1 aliphatic heterocycles. The molecule has 0 bridgehead atoms. The molecule has 0 unspecified atom stereocenters. The lowest BCUT2D eigenvalue weighted by molar-refractivity contribution is 0.495. The molecule has 5 heteroatoms. The molecule has 1 aromatic carbocycles. The van der Waals surface area contributed by atoms with Gasteiger partial charge in [-0.3, -0.25) is 0 Å². The molecule has 1 heterocycles. The summed E-state index contributed by atoms with van der Waals surface area (Å²) in [5, 5.41) is 0. The molecule has 2 aliphatic rings. The fraction of sp³-hybridized carbons (Fsp3) is 0.316. The fourth-order valence-electron chi connectivity index (χ4n) is 3.21. The summed E-state index contributed by atoms with van der Waals surface area (Å²) in [5.41, 5.74) is 3.12. The van der Waals surface area contributed by atoms with Crippen LogP contribution in [0.3, 0.4) is 0 Å². The molecule has 0 saturated heterocycles. The summed E-state index contributed by atoms with van der Waals surface area (Å²) >= 11 is 0. The van der Waals surface area contributed by atoms with Gasteiger partial charge in [0.15, 0.2) is 17.5 Å². The predicted molar refractivity (Wildman–Crippen MR) is 89.6 cm³/mol. The minimum atomic E-state index is -1.21. The van der Waals surface area contributed by atoms with Gasteiger partial charge in [0.25, 0.3) is 0 Å². The van der Waals surface area contributed by atoms with Gasteiger partial charge < -0.3 is 4.90 Å². The van der Waals surface area contributed by atoms with Gasteiger partial charge in [0.05, 0.1) is 0 Å². The Morgan fingerprint density at radius 2 is 1.75 bits per heavy atom. The number of aliphatic imine (C=N–C) groups is 1. The smallest absolute Gasteiger partial charge is 0.161 e. The van der Waals surface area contributed by atoms with Gasteiger partial charge in [0.2, 0.25) is 0 Å². The molecule has 3 rings (SSSR count). The number of hydrogen-bond donors (Lipinski definition) is 0. The van der Waals surface area contributed by atoms with Gasteiger partial charge in [0.1, 0.15) is 11.5 Å². The second-order valence-electron chi connectivity index (χ2n) is 5.95. The predicted octanol–water partition coefficient (Wildman–Crippen LogP) is 5.41. The average Bonchev–Trinajstić information content (AvgIpc) is 2.83. The molecular formula is C19H19F3N2. The lowest BCUT2D eigenvalue weighted by Crippen LogP contribution is -2.21. The largest absolute Gasteiger partial charge is 0.332 e. The van der Waals surface area contributed by atoms with Crippen molar-refractivity contribution >= 4 is 11.5 Å². The Hall–Kier alpha value is -2.30. The monoisotopic (exact) mass is 332 g/mol. The summed E-state index contributed by atoms with van der Waals surface area (Å²) in [6, 6.07) is 1.34. The molecule has 2 nitrogen and oxygen atoms in total. The van der Waals surface area contributed by atoms with Crippen LogP contribution in [0, 0.1) is 17.5 Å². The molecule has 0 amide bonds. The zero-order valence-corrected chi connectivity index (χ0v) is 13.7. The highest BCUT2D eigenvalue weighted by atomic mass is 19.2. The first-order valence-electron chi connectivity index (χ1n) is 8.05. The molecule has 0 saturated carbocycles. The first-order valence-corrected chi connectivity index (χ1v) is 8.05. The SMILES string of the molecule is C/C=C/C=C1/C2=C(CCCC2)N(C)/C1=N/c1cc(F)c(F)cc1F. The van der Waals surface area contributed by atoms with E-state index in [0.717, 1.165) is 37.3 Å². The Balaban J connectivity index is 2.10. The fourth-order valence-corrected chi connectivity index (χ4v) is 3.21. The molecule has 126 valence electrons. The second-order valence-corrected chi connectivity index (χ2v) is 5.95. The standard InChI is InChI=1S/C19H19F3N2/c1-3-4-7-13-12-8-5-6-9-18(12)24(2)19(13)23-17-11-15(21)14(20)10-16(17)22/h3-4,7,10-11H,5-6,8-9H2,1-2H3/b4-3+,13-7-,23-19+. The van der Waals surface area contributed by atoms with E-state index in [1.54, 1.807) is 0 Å². The first-order chi connectivity index (χ1) is 11.5. The quantitative estimate of drug-likeness (QED) is 0.661. The summed E-state index contributed by atoms with van der Waals surface area (Å²) in [6.45, 7) is 1.91. The van der Waals surface area contributed by atoms with Gasteiger partial charge in [-0.25, -0.2) is 18.2 Å². The van der Waals surface area contributed by atoms with E-state index in [-0.39, 0.29) is 5.69 Å². The molecule has 1 aromatic rings. The van der Waals surface area contributed by atoms with Crippen molar-refractivity contribution in [3.05, 3.63) is 64.7 Å². The number of halogens is 3. The highest BCUT2D eigenvalue weighted by Crippen LogP contribution is 2.39. The molecule has 0 aromatic heterocycles. The molecule has 0 fully saturated rings. The van der Waals surface area contributed by atoms with Crippen molar-refractivity contribution in [2.24, 2.45) is 4.99 Å². The zero-order valence-electron chi connectivity index (χ0n) is 13.7. The second kappa shape index (κ2) is 6.67. The van der Waals surface area contributed by atoms with Crippen molar-refractivity contribution in [2.75, 3.05) is 7.05 Å². The van der Waals surface area contributed by atoms with Gasteiger partial charge in [-0.1, -0.05) is 18.2 Å². The van der Waals surface area contributed by atoms with Crippen molar-refractivity contribution in [2.45, 2.75) is 32.6 Å². The number of hydrogen-bond acceptors (Lipinski definition) is 1. The molecule has 0 atom stereocenters. The lowest BCUT2D eigenvalue weighted by Gasteiger charge is -2.19. The maximum atomic E-state index is 14.0. The summed E-state index contributed by atoms with van der Waals surface area (Å²) in [7, 11) is 1.88. The van der Waals surface area contributed by atoms with E-state index in [1.165, 1.54) is 11.3 Å². The molecule has 0 N–H and O–H groups in total. The van der Waals surface area contributed by atoms with Crippen molar-refractivity contribution in [3.8, 4) is 0 Å². The Kier molecular flexibility index (Phi) is 4.60. The number of rotatable bonds is 2. The maximum absolute atomic E-state index is 14.0. The van der Waals surface area contributed by atoms with Crippen molar-refractivity contribution in [1.82, 2.24) is 4.90 Å². The average molecular weight is 332 g/mol. The van der Waals surface area contributed by atoms with E-state index < -0.39 is 17.5 Å². The van der Waals surface area contributed by atoms with Crippen LogP contribution in [0.4, 0.5) is 18.9 Å². The molecular weight excluding hydrogens is 313 g/mol. The number of amidine groups is 1. The Labute approximate surface area is 139 Å². The zero-order chi connectivity index (χ0) is 17.3. The first kappa shape index (κ1) is 16.6. The van der Waals surface area contributed by atoms with Crippen LogP contribution >= 0.6 is 0 Å². The van der Waals surface area contributed by atoms with E-state index in [1.807, 2.05) is 37.1 Å². The molecule has 0 spiro atoms. The third kappa shape index (κ3) is 2.90. The number of benzene rings is 1. The van der Waals surface area contributed by atoms with Crippen molar-refractivity contribution in [3.63, 3.8) is 0 Å². The summed E-state index contributed by atoms with van der Waals surface area (Å²) in [4.78, 5) is 6.25. The minimum absolute atomic E-state index is 0.193. The van der Waals surface area contributed by atoms with Gasteiger partial charge in [-0.05, 0) is 38.2 Å². The van der Waals surface area contributed by atoms with Gasteiger partial charge >= 0.3 is 0 Å². The van der Waals surface area contributed by atoms with Crippen molar-refractivity contribution < 1.29 is 13.2 Å². The van der Waals surface area contributed by atoms with Crippen molar-refractivity contribution in [1.29, 1.82) is 0 Å². The summed E-state index contributed by atoms with van der Waals surface area (Å²) in [5.74, 6) is -2.61. The third-order valence-electron chi connectivity index (χ3n) is 4.40. The van der Waals surface area contributed by atoms with Crippen LogP contribution in [0.5, 0.6) is 0 Å². The molecule has 0 radical (unpaired) electrons. The van der Waals surface area contributed by atoms with Crippen LogP contribution in [0.2, 0.25) is 0 Å². The van der Waals surface area contributed by atoms with Crippen LogP contribution in [-0.4, -0.2) is 17.8 Å². The van der Waals surface area contributed by atoms with E-state index in [0.29, 0.717) is 11.9 Å². The van der Waals surface area contributed by atoms with E-state index >= 15 is 0 Å². The Morgan fingerprint density at radius 3 is 2.50 bits per heavy atom. The normalized spacial score (nSPS) is 21.5. The number of allylic oxidation sites excluding steroid dienone is 4. The topological polar surface area (TPSA) is 15.6 Å². The van der Waals surface area contributed by atoms with E-state index in [2.05, 4.69) is 4.99 Å². The van der Waals surface area contributed by atoms with E-state index in [4.69, 9.17) is 0 Å². The Morgan fingerprint density at radius 1 is 1.04 bits per heavy atom. The van der Waals surface area contributed by atoms with Gasteiger partial charge in [-0.15, -0.1) is 0 Å². The Bertz CT molecular complexity index is 788. The third-order valence-corrected chi connectivity index (χ3v) is 4.40. The highest BCUT2D eigenvalue weighted by Gasteiger charge is 2.31. The maximum Gasteiger partial charge on any atom is 0.161 e. The highest BCUT2D eigenvalue weighted by molar-refractivity contribution is 6.07. The van der Waals surface area contributed by atoms with E-state index in [9.17, 15) is 13.2 Å². The summed E-state index contributed by atoms with van der Waals surface area (Å²) in [6.07, 6.45) is 9.86. The number of likely N-dealkylation sites (N-methyl/N-ethyl adjacent to an activating group) is 1. The van der Waals surface area contributed by atoms with Crippen LogP contribution in [0.15, 0.2) is 52.2 Å². The molecule has 24 heavy (non-hydrogen) atoms. The van der Waals surface area contributed by atoms with Crippen LogP contribution in [0.25, 0.3) is 0 Å². The van der Waals surface area contributed by atoms with Gasteiger partial charge in [0, 0.05) is 30.5 Å². The van der Waals surface area contributed by atoms with Gasteiger partial charge in [-0.2, -0.15) is 0 Å².